The molecule has 1 aromatic carbocycles. The third kappa shape index (κ3) is 7.25. The maximum atomic E-state index is 11.7. The van der Waals surface area contributed by atoms with E-state index in [1.807, 2.05) is 30.3 Å². The molecule has 0 spiro atoms. The zero-order valence-electron chi connectivity index (χ0n) is 12.3. The molecular weight excluding hydrogens is 268 g/mol. The van der Waals surface area contributed by atoms with Gasteiger partial charge in [-0.2, -0.15) is 5.10 Å². The van der Waals surface area contributed by atoms with Gasteiger partial charge in [0.1, 0.15) is 0 Å². The Morgan fingerprint density at radius 3 is 2.43 bits per heavy atom. The highest BCUT2D eigenvalue weighted by Gasteiger charge is 2.08. The molecule has 0 aliphatic carbocycles. The third-order valence-electron chi connectivity index (χ3n) is 3.01. The number of hydrazone groups is 1. The number of nitrogens with one attached hydrogen (secondary N) is 1. The Morgan fingerprint density at radius 2 is 1.81 bits per heavy atom. The first kappa shape index (κ1) is 16.9. The Bertz CT molecular complexity index is 484. The summed E-state index contributed by atoms with van der Waals surface area (Å²) in [7, 11) is 0. The molecule has 2 N–H and O–H groups in total. The van der Waals surface area contributed by atoms with Gasteiger partial charge in [-0.1, -0.05) is 50.1 Å². The normalized spacial score (nSPS) is 11.2. The van der Waals surface area contributed by atoms with Crippen LogP contribution in [0.1, 0.15) is 51.0 Å². The van der Waals surface area contributed by atoms with Gasteiger partial charge in [0, 0.05) is 12.8 Å². The van der Waals surface area contributed by atoms with E-state index in [2.05, 4.69) is 17.5 Å². The number of benzene rings is 1. The number of carbonyl (C=O) groups excluding carboxylic acids is 1. The molecule has 0 aromatic heterocycles. The summed E-state index contributed by atoms with van der Waals surface area (Å²) in [4.78, 5) is 22.4. The summed E-state index contributed by atoms with van der Waals surface area (Å²) in [5.41, 5.74) is 3.93. The number of nitrogens with zero attached hydrogens (tertiary/aromatic N) is 1. The lowest BCUT2D eigenvalue weighted by atomic mass is 10.1. The van der Waals surface area contributed by atoms with E-state index in [0.717, 1.165) is 24.8 Å². The van der Waals surface area contributed by atoms with Gasteiger partial charge in [0.25, 0.3) is 0 Å². The van der Waals surface area contributed by atoms with Crippen LogP contribution in [0.2, 0.25) is 0 Å². The third-order valence-corrected chi connectivity index (χ3v) is 3.01. The zero-order valence-corrected chi connectivity index (χ0v) is 12.3. The predicted molar refractivity (Wildman–Crippen MR) is 82.1 cm³/mol. The monoisotopic (exact) mass is 290 g/mol. The summed E-state index contributed by atoms with van der Waals surface area (Å²) < 4.78 is 0. The fourth-order valence-corrected chi connectivity index (χ4v) is 1.84. The molecular formula is C16H22N2O3. The van der Waals surface area contributed by atoms with Crippen molar-refractivity contribution in [3.05, 3.63) is 35.9 Å². The standard InChI is InChI=1S/C16H22N2O3/c1-2-3-5-10-15(19)18-17-14(11-12-16(20)21)13-8-6-4-7-9-13/h4,6-9H,2-3,5,10-12H2,1H3,(H,18,19)(H,20,21). The maximum Gasteiger partial charge on any atom is 0.303 e. The molecule has 0 aliphatic heterocycles. The molecule has 5 heteroatoms. The molecule has 1 aromatic rings. The van der Waals surface area contributed by atoms with Crippen molar-refractivity contribution in [2.75, 3.05) is 0 Å². The number of hydrogen-bond donors (Lipinski definition) is 2. The largest absolute Gasteiger partial charge is 0.481 e. The van der Waals surface area contributed by atoms with Gasteiger partial charge < -0.3 is 5.11 Å². The van der Waals surface area contributed by atoms with Crippen molar-refractivity contribution >= 4 is 17.6 Å². The van der Waals surface area contributed by atoms with Gasteiger partial charge >= 0.3 is 5.97 Å². The minimum absolute atomic E-state index is 0.0145. The van der Waals surface area contributed by atoms with Crippen LogP contribution < -0.4 is 5.43 Å². The Labute approximate surface area is 125 Å². The van der Waals surface area contributed by atoms with E-state index >= 15 is 0 Å². The van der Waals surface area contributed by atoms with Gasteiger partial charge in [-0.15, -0.1) is 0 Å². The minimum atomic E-state index is -0.882. The fraction of sp³-hybridized carbons (Fsp3) is 0.438. The first-order chi connectivity index (χ1) is 10.1. The maximum absolute atomic E-state index is 11.7. The summed E-state index contributed by atoms with van der Waals surface area (Å²) in [5.74, 6) is -1.01. The Kier molecular flexibility index (Phi) is 7.79. The van der Waals surface area contributed by atoms with Crippen molar-refractivity contribution in [2.24, 2.45) is 5.10 Å². The second kappa shape index (κ2) is 9.69. The molecule has 0 radical (unpaired) electrons. The topological polar surface area (TPSA) is 78.8 Å². The molecule has 21 heavy (non-hydrogen) atoms. The number of unbranched alkanes of at least 4 members (excludes halogenated alkanes) is 2. The summed E-state index contributed by atoms with van der Waals surface area (Å²) in [6.45, 7) is 2.08. The van der Waals surface area contributed by atoms with Crippen LogP contribution in [0.5, 0.6) is 0 Å². The number of amides is 1. The highest BCUT2D eigenvalue weighted by atomic mass is 16.4. The van der Waals surface area contributed by atoms with Crippen molar-refractivity contribution in [3.8, 4) is 0 Å². The van der Waals surface area contributed by atoms with Crippen LogP contribution in [0.3, 0.4) is 0 Å². The van der Waals surface area contributed by atoms with Crippen LogP contribution in [0.15, 0.2) is 35.4 Å². The summed E-state index contributed by atoms with van der Waals surface area (Å²) in [6.07, 6.45) is 3.63. The van der Waals surface area contributed by atoms with Gasteiger partial charge in [-0.05, 0) is 12.0 Å². The number of carbonyl (C=O) groups is 2. The minimum Gasteiger partial charge on any atom is -0.481 e. The average Bonchev–Trinajstić information content (AvgIpc) is 2.48. The molecule has 114 valence electrons. The van der Waals surface area contributed by atoms with Crippen LogP contribution in [-0.2, 0) is 9.59 Å². The van der Waals surface area contributed by atoms with Crippen molar-refractivity contribution in [1.29, 1.82) is 0 Å². The number of hydrogen-bond acceptors (Lipinski definition) is 3. The van der Waals surface area contributed by atoms with Gasteiger partial charge in [0.2, 0.25) is 5.91 Å². The Morgan fingerprint density at radius 1 is 1.10 bits per heavy atom. The van der Waals surface area contributed by atoms with Crippen molar-refractivity contribution in [1.82, 2.24) is 5.43 Å². The van der Waals surface area contributed by atoms with E-state index in [1.54, 1.807) is 0 Å². The molecule has 5 nitrogen and oxygen atoms in total. The SMILES string of the molecule is CCCCCC(=O)NN=C(CCC(=O)O)c1ccccc1. The molecule has 0 bridgehead atoms. The number of carboxylic acids is 1. The summed E-state index contributed by atoms with van der Waals surface area (Å²) >= 11 is 0. The van der Waals surface area contributed by atoms with E-state index < -0.39 is 5.97 Å². The van der Waals surface area contributed by atoms with E-state index in [-0.39, 0.29) is 18.7 Å². The first-order valence-electron chi connectivity index (χ1n) is 7.26. The predicted octanol–water partition coefficient (Wildman–Crippen LogP) is 2.95. The molecule has 0 aliphatic rings. The molecule has 0 saturated heterocycles. The first-order valence-corrected chi connectivity index (χ1v) is 7.26. The number of carboxylic acid groups (broad SMARTS) is 1. The van der Waals surface area contributed by atoms with Gasteiger partial charge in [-0.25, -0.2) is 5.43 Å². The van der Waals surface area contributed by atoms with Crippen LogP contribution in [0.25, 0.3) is 0 Å². The quantitative estimate of drug-likeness (QED) is 0.417. The van der Waals surface area contributed by atoms with Gasteiger partial charge in [-0.3, -0.25) is 9.59 Å². The number of rotatable bonds is 9. The highest BCUT2D eigenvalue weighted by molar-refractivity contribution is 6.02. The second-order valence-corrected chi connectivity index (χ2v) is 4.81. The molecule has 1 rings (SSSR count). The summed E-state index contributed by atoms with van der Waals surface area (Å²) in [6, 6.07) is 9.29. The average molecular weight is 290 g/mol. The van der Waals surface area contributed by atoms with Crippen LogP contribution in [0, 0.1) is 0 Å². The van der Waals surface area contributed by atoms with Crippen LogP contribution in [0.4, 0.5) is 0 Å². The molecule has 0 heterocycles. The van der Waals surface area contributed by atoms with Crippen molar-refractivity contribution in [3.63, 3.8) is 0 Å². The number of aliphatic carboxylic acids is 1. The highest BCUT2D eigenvalue weighted by Crippen LogP contribution is 2.07. The second-order valence-electron chi connectivity index (χ2n) is 4.81. The van der Waals surface area contributed by atoms with E-state index in [4.69, 9.17) is 5.11 Å². The van der Waals surface area contributed by atoms with Crippen molar-refractivity contribution in [2.45, 2.75) is 45.4 Å². The summed E-state index contributed by atoms with van der Waals surface area (Å²) in [5, 5.41) is 12.9. The molecule has 0 atom stereocenters. The lowest BCUT2D eigenvalue weighted by Gasteiger charge is -2.06. The molecule has 1 amide bonds. The van der Waals surface area contributed by atoms with Crippen LogP contribution in [-0.4, -0.2) is 22.7 Å². The van der Waals surface area contributed by atoms with Crippen molar-refractivity contribution < 1.29 is 14.7 Å². The fourth-order valence-electron chi connectivity index (χ4n) is 1.84. The lowest BCUT2D eigenvalue weighted by molar-refractivity contribution is -0.136. The van der Waals surface area contributed by atoms with Crippen LogP contribution >= 0.6 is 0 Å². The van der Waals surface area contributed by atoms with E-state index in [1.165, 1.54) is 0 Å². The molecule has 0 unspecified atom stereocenters. The Balaban J connectivity index is 2.65. The smallest absolute Gasteiger partial charge is 0.303 e. The van der Waals surface area contributed by atoms with Gasteiger partial charge in [0.05, 0.1) is 12.1 Å². The molecule has 0 saturated carbocycles. The Hall–Kier alpha value is -2.17. The molecule has 0 fully saturated rings. The van der Waals surface area contributed by atoms with E-state index in [0.29, 0.717) is 12.1 Å². The van der Waals surface area contributed by atoms with Gasteiger partial charge in [0.15, 0.2) is 0 Å². The lowest BCUT2D eigenvalue weighted by Crippen LogP contribution is -2.20. The van der Waals surface area contributed by atoms with E-state index in [9.17, 15) is 9.59 Å². The zero-order chi connectivity index (χ0) is 15.5.